The van der Waals surface area contributed by atoms with Crippen LogP contribution in [0.4, 0.5) is 0 Å². The summed E-state index contributed by atoms with van der Waals surface area (Å²) in [4.78, 5) is 7.20. The van der Waals surface area contributed by atoms with Gasteiger partial charge in [-0.25, -0.2) is 0 Å². The van der Waals surface area contributed by atoms with Gasteiger partial charge in [0.15, 0.2) is 5.82 Å². The lowest BCUT2D eigenvalue weighted by Gasteiger charge is -2.38. The van der Waals surface area contributed by atoms with Crippen molar-refractivity contribution in [1.82, 2.24) is 24.8 Å². The van der Waals surface area contributed by atoms with Crippen LogP contribution in [0, 0.1) is 13.8 Å². The van der Waals surface area contributed by atoms with Crippen LogP contribution in [0.15, 0.2) is 10.6 Å². The van der Waals surface area contributed by atoms with E-state index in [1.165, 1.54) is 37.8 Å². The molecule has 0 aromatic carbocycles. The molecule has 0 N–H and O–H groups in total. The predicted octanol–water partition coefficient (Wildman–Crippen LogP) is 3.38. The largest absolute Gasteiger partial charge is 0.338 e. The van der Waals surface area contributed by atoms with E-state index in [-0.39, 0.29) is 6.04 Å². The lowest BCUT2D eigenvalue weighted by atomic mass is 10.00. The fourth-order valence-corrected chi connectivity index (χ4v) is 3.85. The monoisotopic (exact) mass is 329 g/mol. The maximum Gasteiger partial charge on any atom is 0.243 e. The Morgan fingerprint density at radius 2 is 2.08 bits per heavy atom. The Hall–Kier alpha value is -1.69. The van der Waals surface area contributed by atoms with Crippen LogP contribution in [0.25, 0.3) is 0 Å². The SMILES string of the molecule is Cc1cc(C)n(C[C@@H]2CCCCN2[C@H](C)c2nc(C3CC3)no2)n1. The van der Waals surface area contributed by atoms with E-state index in [2.05, 4.69) is 51.7 Å². The summed E-state index contributed by atoms with van der Waals surface area (Å²) in [6, 6.07) is 2.80. The van der Waals surface area contributed by atoms with Gasteiger partial charge in [-0.2, -0.15) is 10.1 Å². The Morgan fingerprint density at radius 3 is 2.79 bits per heavy atom. The van der Waals surface area contributed by atoms with Gasteiger partial charge >= 0.3 is 0 Å². The summed E-state index contributed by atoms with van der Waals surface area (Å²) >= 11 is 0. The minimum Gasteiger partial charge on any atom is -0.338 e. The molecule has 2 aliphatic rings. The number of rotatable bonds is 5. The predicted molar refractivity (Wildman–Crippen MR) is 90.7 cm³/mol. The number of hydrogen-bond donors (Lipinski definition) is 0. The van der Waals surface area contributed by atoms with E-state index in [0.29, 0.717) is 12.0 Å². The van der Waals surface area contributed by atoms with Crippen LogP contribution in [0.1, 0.15) is 74.1 Å². The molecule has 6 nitrogen and oxygen atoms in total. The highest BCUT2D eigenvalue weighted by Gasteiger charge is 2.33. The van der Waals surface area contributed by atoms with E-state index >= 15 is 0 Å². The molecule has 2 atom stereocenters. The van der Waals surface area contributed by atoms with E-state index in [1.54, 1.807) is 0 Å². The van der Waals surface area contributed by atoms with Crippen LogP contribution in [0.5, 0.6) is 0 Å². The molecule has 0 bridgehead atoms. The van der Waals surface area contributed by atoms with E-state index < -0.39 is 0 Å². The molecule has 24 heavy (non-hydrogen) atoms. The summed E-state index contributed by atoms with van der Waals surface area (Å²) in [6.07, 6.45) is 6.13. The number of piperidine rings is 1. The van der Waals surface area contributed by atoms with Gasteiger partial charge in [-0.05, 0) is 59.1 Å². The third kappa shape index (κ3) is 3.11. The summed E-state index contributed by atoms with van der Waals surface area (Å²) in [5.74, 6) is 2.22. The van der Waals surface area contributed by atoms with Crippen LogP contribution in [-0.2, 0) is 6.54 Å². The van der Waals surface area contributed by atoms with Crippen molar-refractivity contribution in [3.05, 3.63) is 29.2 Å². The average molecular weight is 329 g/mol. The first-order valence-corrected chi connectivity index (χ1v) is 9.22. The zero-order chi connectivity index (χ0) is 16.7. The minimum absolute atomic E-state index is 0.173. The fraction of sp³-hybridized carbons (Fsp3) is 0.722. The van der Waals surface area contributed by atoms with Crippen molar-refractivity contribution in [2.24, 2.45) is 0 Å². The molecule has 2 fully saturated rings. The third-order valence-electron chi connectivity index (χ3n) is 5.41. The molecule has 1 saturated carbocycles. The summed E-state index contributed by atoms with van der Waals surface area (Å²) in [5.41, 5.74) is 2.33. The molecular formula is C18H27N5O. The molecule has 1 saturated heterocycles. The van der Waals surface area contributed by atoms with Crippen molar-refractivity contribution in [1.29, 1.82) is 0 Å². The Bertz CT molecular complexity index is 702. The van der Waals surface area contributed by atoms with Crippen LogP contribution in [0.3, 0.4) is 0 Å². The normalized spacial score (nSPS) is 23.5. The number of hydrogen-bond acceptors (Lipinski definition) is 5. The van der Waals surface area contributed by atoms with Gasteiger partial charge in [0.1, 0.15) is 0 Å². The second-order valence-electron chi connectivity index (χ2n) is 7.44. The first kappa shape index (κ1) is 15.8. The standard InChI is InChI=1S/C18H27N5O/c1-12-10-13(2)23(20-12)11-16-6-4-5-9-22(16)14(3)18-19-17(21-24-18)15-7-8-15/h10,14-16H,4-9,11H2,1-3H3/t14-,16+/m1/s1. The summed E-state index contributed by atoms with van der Waals surface area (Å²) in [7, 11) is 0. The maximum absolute atomic E-state index is 5.58. The molecule has 1 aliphatic carbocycles. The van der Waals surface area contributed by atoms with E-state index in [9.17, 15) is 0 Å². The first-order chi connectivity index (χ1) is 11.6. The molecule has 2 aromatic rings. The molecule has 0 amide bonds. The first-order valence-electron chi connectivity index (χ1n) is 9.22. The van der Waals surface area contributed by atoms with Gasteiger partial charge in [-0.1, -0.05) is 11.6 Å². The molecule has 1 aliphatic heterocycles. The fourth-order valence-electron chi connectivity index (χ4n) is 3.85. The number of aromatic nitrogens is 4. The molecule has 4 rings (SSSR count). The molecular weight excluding hydrogens is 302 g/mol. The lowest BCUT2D eigenvalue weighted by Crippen LogP contribution is -2.43. The molecule has 6 heteroatoms. The van der Waals surface area contributed by atoms with Crippen molar-refractivity contribution in [3.63, 3.8) is 0 Å². The van der Waals surface area contributed by atoms with Gasteiger partial charge < -0.3 is 4.52 Å². The number of aryl methyl sites for hydroxylation is 2. The van der Waals surface area contributed by atoms with Gasteiger partial charge in [0.25, 0.3) is 0 Å². The summed E-state index contributed by atoms with van der Waals surface area (Å²) in [5, 5.41) is 8.84. The second kappa shape index (κ2) is 6.31. The van der Waals surface area contributed by atoms with Crippen LogP contribution < -0.4 is 0 Å². The quantitative estimate of drug-likeness (QED) is 0.841. The van der Waals surface area contributed by atoms with Crippen molar-refractivity contribution >= 4 is 0 Å². The molecule has 3 heterocycles. The van der Waals surface area contributed by atoms with Gasteiger partial charge in [0.05, 0.1) is 18.3 Å². The zero-order valence-corrected chi connectivity index (χ0v) is 14.9. The van der Waals surface area contributed by atoms with Crippen molar-refractivity contribution in [2.45, 2.75) is 77.4 Å². The number of nitrogens with zero attached hydrogens (tertiary/aromatic N) is 5. The minimum atomic E-state index is 0.173. The Labute approximate surface area is 143 Å². The topological polar surface area (TPSA) is 60.0 Å². The Balaban J connectivity index is 1.50. The Morgan fingerprint density at radius 1 is 1.25 bits per heavy atom. The lowest BCUT2D eigenvalue weighted by molar-refractivity contribution is 0.0715. The number of likely N-dealkylation sites (tertiary alicyclic amines) is 1. The van der Waals surface area contributed by atoms with Crippen molar-refractivity contribution in [3.8, 4) is 0 Å². The second-order valence-corrected chi connectivity index (χ2v) is 7.44. The van der Waals surface area contributed by atoms with Crippen molar-refractivity contribution < 1.29 is 4.52 Å². The highest BCUT2D eigenvalue weighted by Crippen LogP contribution is 2.39. The Kier molecular flexibility index (Phi) is 4.16. The highest BCUT2D eigenvalue weighted by atomic mass is 16.5. The molecule has 2 aromatic heterocycles. The summed E-state index contributed by atoms with van der Waals surface area (Å²) in [6.45, 7) is 8.42. The van der Waals surface area contributed by atoms with Gasteiger partial charge in [0, 0.05) is 17.7 Å². The van der Waals surface area contributed by atoms with Crippen LogP contribution in [-0.4, -0.2) is 37.4 Å². The van der Waals surface area contributed by atoms with E-state index in [1.807, 2.05) is 0 Å². The van der Waals surface area contributed by atoms with E-state index in [4.69, 9.17) is 4.52 Å². The van der Waals surface area contributed by atoms with Crippen LogP contribution >= 0.6 is 0 Å². The molecule has 0 radical (unpaired) electrons. The summed E-state index contributed by atoms with van der Waals surface area (Å²) < 4.78 is 7.73. The maximum atomic E-state index is 5.58. The zero-order valence-electron chi connectivity index (χ0n) is 14.9. The van der Waals surface area contributed by atoms with Gasteiger partial charge in [-0.15, -0.1) is 0 Å². The van der Waals surface area contributed by atoms with Gasteiger partial charge in [0.2, 0.25) is 5.89 Å². The van der Waals surface area contributed by atoms with Crippen LogP contribution in [0.2, 0.25) is 0 Å². The molecule has 0 unspecified atom stereocenters. The molecule has 0 spiro atoms. The molecule has 130 valence electrons. The van der Waals surface area contributed by atoms with Gasteiger partial charge in [-0.3, -0.25) is 9.58 Å². The third-order valence-corrected chi connectivity index (χ3v) is 5.41. The average Bonchev–Trinajstić information content (AvgIpc) is 3.22. The highest BCUT2D eigenvalue weighted by molar-refractivity contribution is 5.07. The smallest absolute Gasteiger partial charge is 0.243 e. The van der Waals surface area contributed by atoms with E-state index in [0.717, 1.165) is 30.5 Å². The van der Waals surface area contributed by atoms with Crippen molar-refractivity contribution in [2.75, 3.05) is 6.54 Å².